The van der Waals surface area contributed by atoms with Crippen molar-refractivity contribution < 1.29 is 14.4 Å². The first kappa shape index (κ1) is 11.2. The van der Waals surface area contributed by atoms with Gasteiger partial charge in [-0.25, -0.2) is 0 Å². The van der Waals surface area contributed by atoms with Crippen LogP contribution >= 0.6 is 7.60 Å². The fourth-order valence-corrected chi connectivity index (χ4v) is 2.89. The monoisotopic (exact) mass is 207 g/mol. The molecule has 13 heavy (non-hydrogen) atoms. The summed E-state index contributed by atoms with van der Waals surface area (Å²) in [6.07, 6.45) is 2.09. The number of hydrogen-bond donors (Lipinski definition) is 2. The summed E-state index contributed by atoms with van der Waals surface area (Å²) in [4.78, 5) is 19.9. The summed E-state index contributed by atoms with van der Waals surface area (Å²) in [5.74, 6) is 0.189. The van der Waals surface area contributed by atoms with Crippen LogP contribution in [0.1, 0.15) is 19.8 Å². The quantitative estimate of drug-likeness (QED) is 0.675. The van der Waals surface area contributed by atoms with Gasteiger partial charge in [-0.2, -0.15) is 0 Å². The molecule has 1 heterocycles. The number of piperidine rings is 1. The first-order chi connectivity index (χ1) is 6.01. The van der Waals surface area contributed by atoms with Gasteiger partial charge < -0.3 is 14.7 Å². The van der Waals surface area contributed by atoms with Crippen molar-refractivity contribution in [3.8, 4) is 0 Å². The Bertz CT molecular complexity index is 204. The van der Waals surface area contributed by atoms with Gasteiger partial charge in [0, 0.05) is 6.54 Å². The Morgan fingerprint density at radius 1 is 1.54 bits per heavy atom. The largest absolute Gasteiger partial charge is 0.325 e. The van der Waals surface area contributed by atoms with E-state index in [0.29, 0.717) is 0 Å². The van der Waals surface area contributed by atoms with Crippen LogP contribution in [0.2, 0.25) is 0 Å². The van der Waals surface area contributed by atoms with E-state index < -0.39 is 7.60 Å². The highest BCUT2D eigenvalue weighted by atomic mass is 31.2. The Balaban J connectivity index is 2.38. The first-order valence-corrected chi connectivity index (χ1v) is 6.58. The molecule has 4 nitrogen and oxygen atoms in total. The lowest BCUT2D eigenvalue weighted by Crippen LogP contribution is -2.36. The van der Waals surface area contributed by atoms with Gasteiger partial charge in [0.1, 0.15) is 0 Å². The van der Waals surface area contributed by atoms with Gasteiger partial charge in [-0.15, -0.1) is 0 Å². The van der Waals surface area contributed by atoms with E-state index in [9.17, 15) is 4.57 Å². The number of likely N-dealkylation sites (tertiary alicyclic amines) is 1. The van der Waals surface area contributed by atoms with Crippen molar-refractivity contribution >= 4 is 7.60 Å². The zero-order valence-electron chi connectivity index (χ0n) is 8.02. The molecule has 0 spiro atoms. The van der Waals surface area contributed by atoms with Gasteiger partial charge in [-0.05, 0) is 31.8 Å². The number of nitrogens with zero attached hydrogens (tertiary/aromatic N) is 1. The Morgan fingerprint density at radius 2 is 2.23 bits per heavy atom. The molecular weight excluding hydrogens is 189 g/mol. The van der Waals surface area contributed by atoms with Gasteiger partial charge in [-0.3, -0.25) is 4.57 Å². The van der Waals surface area contributed by atoms with Crippen molar-refractivity contribution in [1.29, 1.82) is 0 Å². The lowest BCUT2D eigenvalue weighted by atomic mass is 10.0. The minimum Gasteiger partial charge on any atom is -0.324 e. The smallest absolute Gasteiger partial charge is 0.324 e. The average Bonchev–Trinajstić information content (AvgIpc) is 2.01. The third-order valence-electron chi connectivity index (χ3n) is 2.55. The predicted octanol–water partition coefficient (Wildman–Crippen LogP) is 0.896. The second kappa shape index (κ2) is 4.56. The molecule has 0 saturated carbocycles. The highest BCUT2D eigenvalue weighted by Crippen LogP contribution is 2.39. The SMILES string of the molecule is CCN1CCCC(CP(=O)(O)O)C1. The molecule has 2 N–H and O–H groups in total. The van der Waals surface area contributed by atoms with Crippen molar-refractivity contribution in [2.24, 2.45) is 5.92 Å². The maximum absolute atomic E-state index is 10.8. The van der Waals surface area contributed by atoms with Crippen LogP contribution in [-0.4, -0.2) is 40.5 Å². The zero-order chi connectivity index (χ0) is 9.90. The molecule has 0 aromatic carbocycles. The summed E-state index contributed by atoms with van der Waals surface area (Å²) in [5.41, 5.74) is 0. The van der Waals surface area contributed by atoms with E-state index >= 15 is 0 Å². The van der Waals surface area contributed by atoms with E-state index in [1.165, 1.54) is 0 Å². The van der Waals surface area contributed by atoms with Crippen LogP contribution < -0.4 is 0 Å². The summed E-state index contributed by atoms with van der Waals surface area (Å²) in [6, 6.07) is 0. The fourth-order valence-electron chi connectivity index (χ4n) is 1.92. The molecule has 78 valence electrons. The van der Waals surface area contributed by atoms with Crippen molar-refractivity contribution in [3.05, 3.63) is 0 Å². The first-order valence-electron chi connectivity index (χ1n) is 4.78. The van der Waals surface area contributed by atoms with E-state index in [-0.39, 0.29) is 12.1 Å². The molecule has 0 aromatic heterocycles. The maximum Gasteiger partial charge on any atom is 0.325 e. The van der Waals surface area contributed by atoms with Crippen molar-refractivity contribution in [1.82, 2.24) is 4.90 Å². The minimum atomic E-state index is -3.80. The molecule has 1 unspecified atom stereocenters. The van der Waals surface area contributed by atoms with Crippen LogP contribution in [-0.2, 0) is 4.57 Å². The molecule has 0 aromatic rings. The Labute approximate surface area is 79.1 Å². The van der Waals surface area contributed by atoms with Gasteiger partial charge in [0.25, 0.3) is 0 Å². The molecule has 1 rings (SSSR count). The molecule has 1 saturated heterocycles. The second-order valence-corrected chi connectivity index (χ2v) is 5.44. The molecule has 0 radical (unpaired) electrons. The van der Waals surface area contributed by atoms with Gasteiger partial charge >= 0.3 is 7.60 Å². The van der Waals surface area contributed by atoms with Gasteiger partial charge in [0.2, 0.25) is 0 Å². The second-order valence-electron chi connectivity index (χ2n) is 3.75. The average molecular weight is 207 g/mol. The summed E-state index contributed by atoms with van der Waals surface area (Å²) in [7, 11) is -3.80. The van der Waals surface area contributed by atoms with Gasteiger partial charge in [0.05, 0.1) is 6.16 Å². The molecule has 1 aliphatic heterocycles. The van der Waals surface area contributed by atoms with Gasteiger partial charge in [-0.1, -0.05) is 6.92 Å². The maximum atomic E-state index is 10.8. The standard InChI is InChI=1S/C8H18NO3P/c1-2-9-5-3-4-8(6-9)7-13(10,11)12/h8H,2-7H2,1H3,(H2,10,11,12). The Morgan fingerprint density at radius 3 is 2.77 bits per heavy atom. The highest BCUT2D eigenvalue weighted by Gasteiger charge is 2.25. The van der Waals surface area contributed by atoms with Crippen molar-refractivity contribution in [2.75, 3.05) is 25.8 Å². The van der Waals surface area contributed by atoms with E-state index in [0.717, 1.165) is 32.5 Å². The van der Waals surface area contributed by atoms with Crippen LogP contribution in [0, 0.1) is 5.92 Å². The Hall–Kier alpha value is 0.110. The molecular formula is C8H18NO3P. The van der Waals surface area contributed by atoms with E-state index in [4.69, 9.17) is 9.79 Å². The van der Waals surface area contributed by atoms with Crippen molar-refractivity contribution in [2.45, 2.75) is 19.8 Å². The molecule has 1 aliphatic rings. The van der Waals surface area contributed by atoms with Gasteiger partial charge in [0.15, 0.2) is 0 Å². The molecule has 1 fully saturated rings. The predicted molar refractivity (Wildman–Crippen MR) is 51.7 cm³/mol. The highest BCUT2D eigenvalue weighted by molar-refractivity contribution is 7.51. The van der Waals surface area contributed by atoms with Crippen LogP contribution in [0.15, 0.2) is 0 Å². The normalized spacial score (nSPS) is 26.2. The molecule has 0 bridgehead atoms. The lowest BCUT2D eigenvalue weighted by Gasteiger charge is -2.31. The molecule has 1 atom stereocenters. The summed E-state index contributed by atoms with van der Waals surface area (Å²) in [5, 5.41) is 0. The van der Waals surface area contributed by atoms with Crippen LogP contribution in [0.5, 0.6) is 0 Å². The topological polar surface area (TPSA) is 60.8 Å². The summed E-state index contributed by atoms with van der Waals surface area (Å²) < 4.78 is 10.8. The Kier molecular flexibility index (Phi) is 3.92. The summed E-state index contributed by atoms with van der Waals surface area (Å²) >= 11 is 0. The molecule has 0 amide bonds. The fraction of sp³-hybridized carbons (Fsp3) is 1.00. The zero-order valence-corrected chi connectivity index (χ0v) is 8.91. The van der Waals surface area contributed by atoms with E-state index in [1.54, 1.807) is 0 Å². The van der Waals surface area contributed by atoms with Crippen LogP contribution in [0.4, 0.5) is 0 Å². The van der Waals surface area contributed by atoms with Crippen LogP contribution in [0.3, 0.4) is 0 Å². The number of rotatable bonds is 3. The lowest BCUT2D eigenvalue weighted by molar-refractivity contribution is 0.189. The molecule has 5 heteroatoms. The van der Waals surface area contributed by atoms with E-state index in [2.05, 4.69) is 11.8 Å². The minimum absolute atomic E-state index is 0.0590. The molecule has 0 aliphatic carbocycles. The third-order valence-corrected chi connectivity index (χ3v) is 3.54. The summed E-state index contributed by atoms with van der Waals surface area (Å²) in [6.45, 7) is 4.99. The van der Waals surface area contributed by atoms with E-state index in [1.807, 2.05) is 0 Å². The van der Waals surface area contributed by atoms with Crippen LogP contribution in [0.25, 0.3) is 0 Å². The third kappa shape index (κ3) is 4.23. The van der Waals surface area contributed by atoms with Crippen molar-refractivity contribution in [3.63, 3.8) is 0 Å². The number of hydrogen-bond acceptors (Lipinski definition) is 2.